The third kappa shape index (κ3) is 4.09. The van der Waals surface area contributed by atoms with E-state index in [0.29, 0.717) is 0 Å². The second kappa shape index (κ2) is 4.06. The van der Waals surface area contributed by atoms with Crippen molar-refractivity contribution in [3.63, 3.8) is 0 Å². The highest BCUT2D eigenvalue weighted by molar-refractivity contribution is 5.99. The van der Waals surface area contributed by atoms with Crippen molar-refractivity contribution in [2.24, 2.45) is 0 Å². The number of aliphatic hydroxyl groups is 1. The molecule has 0 atom stereocenters. The molecule has 0 spiro atoms. The molecule has 1 amide bonds. The minimum absolute atomic E-state index is 0.0509. The van der Waals surface area contributed by atoms with Gasteiger partial charge in [-0.15, -0.1) is 0 Å². The van der Waals surface area contributed by atoms with Gasteiger partial charge < -0.3 is 10.4 Å². The first-order chi connectivity index (χ1) is 4.54. The lowest BCUT2D eigenvalue weighted by atomic mass is 10.2. The number of carbonyl (C=O) groups is 1. The van der Waals surface area contributed by atoms with E-state index in [4.69, 9.17) is 5.11 Å². The molecule has 1 aliphatic rings. The predicted octanol–water partition coefficient (Wildman–Crippen LogP) is 0.407. The Kier molecular flexibility index (Phi) is 3.72. The Morgan fingerprint density at radius 2 is 1.90 bits per heavy atom. The summed E-state index contributed by atoms with van der Waals surface area (Å²) in [6.07, 6.45) is 1.52. The van der Waals surface area contributed by atoms with E-state index in [-0.39, 0.29) is 12.0 Å². The number of carbonyl (C=O) groups excluding carboxylic acids is 1. The zero-order valence-electron chi connectivity index (χ0n) is 6.51. The van der Waals surface area contributed by atoms with Crippen LogP contribution in [0.2, 0.25) is 0 Å². The smallest absolute Gasteiger partial charge is 0.252 e. The van der Waals surface area contributed by atoms with E-state index in [1.807, 2.05) is 0 Å². The van der Waals surface area contributed by atoms with Gasteiger partial charge in [-0.05, 0) is 20.8 Å². The van der Waals surface area contributed by atoms with Crippen molar-refractivity contribution >= 4 is 5.91 Å². The van der Waals surface area contributed by atoms with Crippen LogP contribution in [0, 0.1) is 0 Å². The van der Waals surface area contributed by atoms with E-state index < -0.39 is 0 Å². The van der Waals surface area contributed by atoms with Crippen LogP contribution in [0.15, 0.2) is 11.8 Å². The fraction of sp³-hybridized carbons (Fsp3) is 0.571. The number of hydrogen-bond acceptors (Lipinski definition) is 2. The summed E-state index contributed by atoms with van der Waals surface area (Å²) in [6.45, 7) is 5.22. The summed E-state index contributed by atoms with van der Waals surface area (Å²) in [4.78, 5) is 10.1. The Balaban J connectivity index is 0.000000180. The Hall–Kier alpha value is -0.830. The molecular weight excluding hydrogens is 130 g/mol. The summed E-state index contributed by atoms with van der Waals surface area (Å²) in [5.41, 5.74) is 0.815. The quantitative estimate of drug-likeness (QED) is 0.516. The van der Waals surface area contributed by atoms with E-state index >= 15 is 0 Å². The first-order valence-electron chi connectivity index (χ1n) is 3.19. The van der Waals surface area contributed by atoms with Crippen molar-refractivity contribution in [3.8, 4) is 0 Å². The number of aliphatic hydroxyl groups excluding tert-OH is 1. The Labute approximate surface area is 60.7 Å². The van der Waals surface area contributed by atoms with Gasteiger partial charge >= 0.3 is 0 Å². The predicted molar refractivity (Wildman–Crippen MR) is 39.3 cm³/mol. The molecule has 0 unspecified atom stereocenters. The molecule has 0 aromatic heterocycles. The fourth-order valence-electron chi connectivity index (χ4n) is 0.275. The van der Waals surface area contributed by atoms with Gasteiger partial charge in [-0.1, -0.05) is 0 Å². The number of hydrogen-bond donors (Lipinski definition) is 2. The van der Waals surface area contributed by atoms with Gasteiger partial charge in [-0.25, -0.2) is 0 Å². The van der Waals surface area contributed by atoms with Gasteiger partial charge in [-0.2, -0.15) is 0 Å². The first-order valence-corrected chi connectivity index (χ1v) is 3.19. The molecule has 58 valence electrons. The van der Waals surface area contributed by atoms with Crippen LogP contribution in [0.4, 0.5) is 0 Å². The molecule has 0 bridgehead atoms. The molecule has 1 aliphatic heterocycles. The Morgan fingerprint density at radius 3 is 1.90 bits per heavy atom. The van der Waals surface area contributed by atoms with Crippen LogP contribution in [0.3, 0.4) is 0 Å². The Morgan fingerprint density at radius 1 is 1.60 bits per heavy atom. The van der Waals surface area contributed by atoms with Gasteiger partial charge in [0.15, 0.2) is 0 Å². The molecule has 3 heteroatoms. The minimum atomic E-state index is -0.167. The maximum absolute atomic E-state index is 10.1. The first kappa shape index (κ1) is 9.17. The summed E-state index contributed by atoms with van der Waals surface area (Å²) >= 11 is 0. The fourth-order valence-corrected chi connectivity index (χ4v) is 0.275. The lowest BCUT2D eigenvalue weighted by Crippen LogP contribution is -2.28. The van der Waals surface area contributed by atoms with Crippen LogP contribution < -0.4 is 5.32 Å². The molecular formula is C7H13NO2. The van der Waals surface area contributed by atoms with Gasteiger partial charge in [0, 0.05) is 17.9 Å². The molecule has 0 radical (unpaired) electrons. The van der Waals surface area contributed by atoms with Gasteiger partial charge in [0.2, 0.25) is 0 Å². The third-order valence-electron chi connectivity index (χ3n) is 0.778. The standard InChI is InChI=1S/C4H5NO.C3H8O/c1-3-2-5-4(3)6;1-3(2)4/h2H,1H3,(H,5,6);3-4H,1-2H3. The molecule has 2 N–H and O–H groups in total. The molecule has 1 rings (SSSR count). The largest absolute Gasteiger partial charge is 0.394 e. The molecule has 0 aromatic rings. The molecule has 0 fully saturated rings. The number of amides is 1. The SMILES string of the molecule is CC(C)O.CC1=CNC1=O. The Bertz CT molecular complexity index is 147. The zero-order valence-corrected chi connectivity index (χ0v) is 6.51. The van der Waals surface area contributed by atoms with E-state index in [0.717, 1.165) is 5.57 Å². The average Bonchev–Trinajstić information content (AvgIpc) is 1.83. The summed E-state index contributed by atoms with van der Waals surface area (Å²) in [6, 6.07) is 0. The van der Waals surface area contributed by atoms with Crippen molar-refractivity contribution in [2.45, 2.75) is 26.9 Å². The second-order valence-corrected chi connectivity index (χ2v) is 2.39. The normalized spacial score (nSPS) is 14.5. The summed E-state index contributed by atoms with van der Waals surface area (Å²) in [5, 5.41) is 10.5. The lowest BCUT2D eigenvalue weighted by molar-refractivity contribution is -0.118. The summed E-state index contributed by atoms with van der Waals surface area (Å²) < 4.78 is 0. The van der Waals surface area contributed by atoms with Crippen LogP contribution >= 0.6 is 0 Å². The molecule has 0 saturated carbocycles. The highest BCUT2D eigenvalue weighted by Crippen LogP contribution is 1.97. The molecule has 0 aliphatic carbocycles. The molecule has 0 saturated heterocycles. The van der Waals surface area contributed by atoms with Crippen molar-refractivity contribution in [1.29, 1.82) is 0 Å². The van der Waals surface area contributed by atoms with E-state index in [9.17, 15) is 4.79 Å². The molecule has 10 heavy (non-hydrogen) atoms. The van der Waals surface area contributed by atoms with Crippen LogP contribution in [-0.4, -0.2) is 17.1 Å². The minimum Gasteiger partial charge on any atom is -0.394 e. The summed E-state index contributed by atoms with van der Waals surface area (Å²) in [7, 11) is 0. The number of nitrogens with one attached hydrogen (secondary N) is 1. The van der Waals surface area contributed by atoms with Crippen LogP contribution in [0.5, 0.6) is 0 Å². The molecule has 0 aromatic carbocycles. The van der Waals surface area contributed by atoms with Gasteiger partial charge in [0.25, 0.3) is 5.91 Å². The maximum atomic E-state index is 10.1. The lowest BCUT2D eigenvalue weighted by Gasteiger charge is -2.07. The molecule has 3 nitrogen and oxygen atoms in total. The third-order valence-corrected chi connectivity index (χ3v) is 0.778. The topological polar surface area (TPSA) is 49.3 Å². The van der Waals surface area contributed by atoms with Crippen LogP contribution in [0.1, 0.15) is 20.8 Å². The van der Waals surface area contributed by atoms with Crippen molar-refractivity contribution in [3.05, 3.63) is 11.8 Å². The van der Waals surface area contributed by atoms with Gasteiger partial charge in [0.1, 0.15) is 0 Å². The van der Waals surface area contributed by atoms with E-state index in [1.54, 1.807) is 27.0 Å². The average molecular weight is 143 g/mol. The van der Waals surface area contributed by atoms with Gasteiger partial charge in [-0.3, -0.25) is 4.79 Å². The maximum Gasteiger partial charge on any atom is 0.252 e. The van der Waals surface area contributed by atoms with Crippen LogP contribution in [-0.2, 0) is 4.79 Å². The number of rotatable bonds is 0. The molecule has 1 heterocycles. The highest BCUT2D eigenvalue weighted by Gasteiger charge is 2.08. The highest BCUT2D eigenvalue weighted by atomic mass is 16.3. The van der Waals surface area contributed by atoms with Crippen LogP contribution in [0.25, 0.3) is 0 Å². The van der Waals surface area contributed by atoms with Crippen molar-refractivity contribution < 1.29 is 9.90 Å². The summed E-state index contributed by atoms with van der Waals surface area (Å²) in [5.74, 6) is 0.0509. The van der Waals surface area contributed by atoms with E-state index in [2.05, 4.69) is 5.32 Å². The second-order valence-electron chi connectivity index (χ2n) is 2.39. The van der Waals surface area contributed by atoms with Crippen molar-refractivity contribution in [1.82, 2.24) is 5.32 Å². The van der Waals surface area contributed by atoms with Crippen molar-refractivity contribution in [2.75, 3.05) is 0 Å². The van der Waals surface area contributed by atoms with Gasteiger partial charge in [0.05, 0.1) is 0 Å². The zero-order chi connectivity index (χ0) is 8.15. The monoisotopic (exact) mass is 143 g/mol. The van der Waals surface area contributed by atoms with E-state index in [1.165, 1.54) is 0 Å².